The van der Waals surface area contributed by atoms with Gasteiger partial charge in [-0.25, -0.2) is 4.79 Å². The van der Waals surface area contributed by atoms with Crippen molar-refractivity contribution in [1.82, 2.24) is 0 Å². The summed E-state index contributed by atoms with van der Waals surface area (Å²) in [6, 6.07) is 14.8. The second kappa shape index (κ2) is 8.89. The van der Waals surface area contributed by atoms with E-state index in [0.29, 0.717) is 23.4 Å². The number of hydrogen-bond donors (Lipinski definition) is 1. The molecule has 1 unspecified atom stereocenters. The molecule has 0 fully saturated rings. The molecule has 31 heavy (non-hydrogen) atoms. The number of halogens is 2. The molecule has 0 spiro atoms. The standard InChI is InChI=1S/C24H22BrClN2O3/c1-2-31-24(30)22-20(14-6-10-16(26)11-7-14)21-18(4-3-5-19(21)29)28(23(22)27)17-12-8-15(25)9-13-17/h6-13,20H,2-5,27H2,1H3. The Kier molecular flexibility index (Phi) is 6.21. The third kappa shape index (κ3) is 4.02. The number of esters is 1. The van der Waals surface area contributed by atoms with Crippen LogP contribution in [0.25, 0.3) is 0 Å². The number of carbonyl (C=O) groups is 2. The van der Waals surface area contributed by atoms with E-state index in [9.17, 15) is 9.59 Å². The summed E-state index contributed by atoms with van der Waals surface area (Å²) in [6.45, 7) is 1.96. The maximum atomic E-state index is 13.2. The van der Waals surface area contributed by atoms with Crippen LogP contribution in [-0.4, -0.2) is 18.4 Å². The van der Waals surface area contributed by atoms with E-state index in [1.54, 1.807) is 19.1 Å². The van der Waals surface area contributed by atoms with Crippen LogP contribution < -0.4 is 10.6 Å². The number of Topliss-reactive ketones (excluding diaryl/α,β-unsaturated/α-hetero) is 1. The Morgan fingerprint density at radius 3 is 2.48 bits per heavy atom. The number of nitrogens with zero attached hydrogens (tertiary/aromatic N) is 1. The third-order valence-electron chi connectivity index (χ3n) is 5.58. The number of anilines is 1. The van der Waals surface area contributed by atoms with Crippen molar-refractivity contribution in [3.63, 3.8) is 0 Å². The first-order chi connectivity index (χ1) is 14.9. The molecule has 7 heteroatoms. The van der Waals surface area contributed by atoms with E-state index in [-0.39, 0.29) is 23.8 Å². The number of carbonyl (C=O) groups excluding carboxylic acids is 2. The van der Waals surface area contributed by atoms with Crippen molar-refractivity contribution >= 4 is 45.0 Å². The van der Waals surface area contributed by atoms with E-state index in [2.05, 4.69) is 15.9 Å². The second-order valence-electron chi connectivity index (χ2n) is 7.45. The van der Waals surface area contributed by atoms with Crippen LogP contribution in [0.15, 0.2) is 75.7 Å². The summed E-state index contributed by atoms with van der Waals surface area (Å²) in [7, 11) is 0. The Hall–Kier alpha value is -2.57. The first kappa shape index (κ1) is 21.7. The van der Waals surface area contributed by atoms with Gasteiger partial charge in [-0.3, -0.25) is 9.69 Å². The minimum Gasteiger partial charge on any atom is -0.463 e. The zero-order chi connectivity index (χ0) is 22.1. The molecule has 1 aliphatic heterocycles. The maximum Gasteiger partial charge on any atom is 0.338 e. The fourth-order valence-corrected chi connectivity index (χ4v) is 4.66. The predicted molar refractivity (Wildman–Crippen MR) is 125 cm³/mol. The molecule has 2 aromatic carbocycles. The summed E-state index contributed by atoms with van der Waals surface area (Å²) in [5.41, 5.74) is 9.95. The van der Waals surface area contributed by atoms with Gasteiger partial charge in [-0.2, -0.15) is 0 Å². The first-order valence-electron chi connectivity index (χ1n) is 10.2. The highest BCUT2D eigenvalue weighted by atomic mass is 79.9. The maximum absolute atomic E-state index is 13.2. The van der Waals surface area contributed by atoms with Crippen molar-refractivity contribution in [2.45, 2.75) is 32.1 Å². The molecule has 0 saturated heterocycles. The summed E-state index contributed by atoms with van der Waals surface area (Å²) >= 11 is 9.54. The largest absolute Gasteiger partial charge is 0.463 e. The number of nitrogens with two attached hydrogens (primary N) is 1. The van der Waals surface area contributed by atoms with Crippen LogP contribution in [-0.2, 0) is 14.3 Å². The summed E-state index contributed by atoms with van der Waals surface area (Å²) in [6.07, 6.45) is 1.87. The lowest BCUT2D eigenvalue weighted by atomic mass is 9.75. The smallest absolute Gasteiger partial charge is 0.338 e. The van der Waals surface area contributed by atoms with E-state index in [1.807, 2.05) is 41.3 Å². The normalized spacial score (nSPS) is 18.9. The molecule has 4 rings (SSSR count). The van der Waals surface area contributed by atoms with Crippen LogP contribution in [0.5, 0.6) is 0 Å². The molecule has 2 aliphatic rings. The van der Waals surface area contributed by atoms with Gasteiger partial charge in [0, 0.05) is 32.9 Å². The van der Waals surface area contributed by atoms with Crippen molar-refractivity contribution in [3.8, 4) is 0 Å². The zero-order valence-corrected chi connectivity index (χ0v) is 19.4. The fraction of sp³-hybridized carbons (Fsp3) is 0.250. The molecular weight excluding hydrogens is 480 g/mol. The summed E-state index contributed by atoms with van der Waals surface area (Å²) in [5, 5.41) is 0.579. The van der Waals surface area contributed by atoms with Crippen LogP contribution in [0.2, 0.25) is 5.02 Å². The Bertz CT molecular complexity index is 1090. The van der Waals surface area contributed by atoms with E-state index in [0.717, 1.165) is 27.8 Å². The lowest BCUT2D eigenvalue weighted by Gasteiger charge is -2.40. The van der Waals surface area contributed by atoms with Gasteiger partial charge in [0.15, 0.2) is 5.78 Å². The van der Waals surface area contributed by atoms with Gasteiger partial charge in [0.25, 0.3) is 0 Å². The third-order valence-corrected chi connectivity index (χ3v) is 6.36. The van der Waals surface area contributed by atoms with E-state index in [4.69, 9.17) is 22.1 Å². The minimum atomic E-state index is -0.592. The summed E-state index contributed by atoms with van der Waals surface area (Å²) in [4.78, 5) is 28.2. The Balaban J connectivity index is 1.98. The van der Waals surface area contributed by atoms with Gasteiger partial charge in [0.2, 0.25) is 0 Å². The Labute approximate surface area is 194 Å². The van der Waals surface area contributed by atoms with Crippen molar-refractivity contribution in [1.29, 1.82) is 0 Å². The molecule has 160 valence electrons. The number of hydrogen-bond acceptors (Lipinski definition) is 5. The van der Waals surface area contributed by atoms with Crippen LogP contribution in [0, 0.1) is 0 Å². The lowest BCUT2D eigenvalue weighted by molar-refractivity contribution is -0.138. The second-order valence-corrected chi connectivity index (χ2v) is 8.80. The highest BCUT2D eigenvalue weighted by molar-refractivity contribution is 9.10. The molecule has 2 aromatic rings. The van der Waals surface area contributed by atoms with E-state index >= 15 is 0 Å². The molecule has 0 saturated carbocycles. The highest BCUT2D eigenvalue weighted by Crippen LogP contribution is 2.47. The highest BCUT2D eigenvalue weighted by Gasteiger charge is 2.43. The summed E-state index contributed by atoms with van der Waals surface area (Å²) < 4.78 is 6.30. The Morgan fingerprint density at radius 2 is 1.84 bits per heavy atom. The van der Waals surface area contributed by atoms with Gasteiger partial charge in [0.05, 0.1) is 18.1 Å². The van der Waals surface area contributed by atoms with Gasteiger partial charge in [-0.15, -0.1) is 0 Å². The van der Waals surface area contributed by atoms with Gasteiger partial charge in [0.1, 0.15) is 5.82 Å². The van der Waals surface area contributed by atoms with Crippen LogP contribution in [0.3, 0.4) is 0 Å². The molecule has 2 N–H and O–H groups in total. The number of ketones is 1. The Morgan fingerprint density at radius 1 is 1.16 bits per heavy atom. The monoisotopic (exact) mass is 500 g/mol. The molecule has 1 atom stereocenters. The van der Waals surface area contributed by atoms with E-state index in [1.165, 1.54) is 0 Å². The average molecular weight is 502 g/mol. The van der Waals surface area contributed by atoms with Crippen molar-refractivity contribution in [3.05, 3.63) is 86.3 Å². The van der Waals surface area contributed by atoms with Gasteiger partial charge in [-0.1, -0.05) is 39.7 Å². The topological polar surface area (TPSA) is 72.6 Å². The van der Waals surface area contributed by atoms with Gasteiger partial charge < -0.3 is 10.5 Å². The zero-order valence-electron chi connectivity index (χ0n) is 17.0. The SMILES string of the molecule is CCOC(=O)C1=C(N)N(c2ccc(Br)cc2)C2=C(C(=O)CCC2)C1c1ccc(Cl)cc1. The molecule has 0 aromatic heterocycles. The molecule has 1 heterocycles. The van der Waals surface area contributed by atoms with Crippen LogP contribution in [0.4, 0.5) is 5.69 Å². The van der Waals surface area contributed by atoms with Crippen molar-refractivity contribution in [2.24, 2.45) is 5.73 Å². The molecule has 0 amide bonds. The lowest BCUT2D eigenvalue weighted by Crippen LogP contribution is -2.41. The fourth-order valence-electron chi connectivity index (χ4n) is 4.27. The van der Waals surface area contributed by atoms with Crippen molar-refractivity contribution < 1.29 is 14.3 Å². The quantitative estimate of drug-likeness (QED) is 0.564. The summed E-state index contributed by atoms with van der Waals surface area (Å²) in [5.74, 6) is -0.801. The van der Waals surface area contributed by atoms with Crippen LogP contribution in [0.1, 0.15) is 37.7 Å². The average Bonchev–Trinajstić information content (AvgIpc) is 2.75. The number of rotatable bonds is 4. The van der Waals surface area contributed by atoms with Crippen LogP contribution >= 0.6 is 27.5 Å². The first-order valence-corrected chi connectivity index (χ1v) is 11.3. The molecule has 0 bridgehead atoms. The molecule has 1 aliphatic carbocycles. The predicted octanol–water partition coefficient (Wildman–Crippen LogP) is 5.45. The number of allylic oxidation sites excluding steroid dienone is 2. The van der Waals surface area contributed by atoms with Crippen molar-refractivity contribution in [2.75, 3.05) is 11.5 Å². The minimum absolute atomic E-state index is 0.0256. The molecule has 0 radical (unpaired) electrons. The number of benzene rings is 2. The van der Waals surface area contributed by atoms with Gasteiger partial charge >= 0.3 is 5.97 Å². The number of ether oxygens (including phenoxy) is 1. The molecule has 5 nitrogen and oxygen atoms in total. The molecular formula is C24H22BrClN2O3. The van der Waals surface area contributed by atoms with E-state index < -0.39 is 11.9 Å². The van der Waals surface area contributed by atoms with Gasteiger partial charge in [-0.05, 0) is 61.7 Å².